The van der Waals surface area contributed by atoms with E-state index in [2.05, 4.69) is 53.0 Å². The van der Waals surface area contributed by atoms with E-state index in [-0.39, 0.29) is 0 Å². The smallest absolute Gasteiger partial charge is 0.176 e. The van der Waals surface area contributed by atoms with Crippen LogP contribution in [0.15, 0.2) is 22.8 Å². The van der Waals surface area contributed by atoms with E-state index < -0.39 is 8.07 Å². The summed E-state index contributed by atoms with van der Waals surface area (Å²) >= 11 is 0. The minimum Gasteiger partial charge on any atom is -0.456 e. The van der Waals surface area contributed by atoms with Gasteiger partial charge in [-0.1, -0.05) is 41.5 Å². The van der Waals surface area contributed by atoms with Crippen LogP contribution in [0, 0.1) is 11.5 Å². The molecule has 0 atom stereocenters. The number of furan rings is 1. The van der Waals surface area contributed by atoms with E-state index in [4.69, 9.17) is 4.42 Å². The predicted molar refractivity (Wildman–Crippen MR) is 76.6 cm³/mol. The van der Waals surface area contributed by atoms with Crippen molar-refractivity contribution in [2.45, 2.75) is 58.2 Å². The van der Waals surface area contributed by atoms with E-state index in [1.807, 2.05) is 12.1 Å². The summed E-state index contributed by atoms with van der Waals surface area (Å²) in [4.78, 5) is 0. The van der Waals surface area contributed by atoms with Gasteiger partial charge in [-0.2, -0.15) is 0 Å². The molecule has 0 radical (unpaired) electrons. The molecule has 2 heteroatoms. The van der Waals surface area contributed by atoms with Gasteiger partial charge in [-0.3, -0.25) is 0 Å². The fourth-order valence-corrected chi connectivity index (χ4v) is 8.16. The van der Waals surface area contributed by atoms with Crippen LogP contribution in [0.3, 0.4) is 0 Å². The van der Waals surface area contributed by atoms with E-state index in [1.54, 1.807) is 6.26 Å². The molecule has 0 saturated heterocycles. The highest BCUT2D eigenvalue weighted by Gasteiger charge is 2.41. The average molecular weight is 248 g/mol. The Labute approximate surface area is 107 Å². The maximum Gasteiger partial charge on any atom is 0.176 e. The van der Waals surface area contributed by atoms with Gasteiger partial charge >= 0.3 is 0 Å². The van der Waals surface area contributed by atoms with Crippen molar-refractivity contribution in [3.63, 3.8) is 0 Å². The van der Waals surface area contributed by atoms with Crippen molar-refractivity contribution in [3.8, 4) is 11.5 Å². The molecular formula is C15H24OSi. The van der Waals surface area contributed by atoms with Crippen LogP contribution in [0.1, 0.15) is 47.3 Å². The molecule has 1 heterocycles. The Morgan fingerprint density at radius 2 is 1.53 bits per heavy atom. The second kappa shape index (κ2) is 5.60. The summed E-state index contributed by atoms with van der Waals surface area (Å²) < 4.78 is 5.32. The minimum atomic E-state index is -1.60. The Morgan fingerprint density at radius 1 is 1.00 bits per heavy atom. The van der Waals surface area contributed by atoms with Crippen LogP contribution in [0.4, 0.5) is 0 Å². The zero-order chi connectivity index (χ0) is 13.1. The first-order chi connectivity index (χ1) is 7.91. The first kappa shape index (κ1) is 14.1. The van der Waals surface area contributed by atoms with Crippen LogP contribution in [0.5, 0.6) is 0 Å². The zero-order valence-electron chi connectivity index (χ0n) is 11.9. The van der Waals surface area contributed by atoms with Gasteiger partial charge in [-0.15, -0.1) is 5.54 Å². The Bertz CT molecular complexity index is 369. The molecular weight excluding hydrogens is 224 g/mol. The minimum absolute atomic E-state index is 0.671. The molecule has 0 aliphatic rings. The SMILES string of the molecule is CC(C)[Si](C#Cc1ccco1)(C(C)C)C(C)C. The molecule has 0 fully saturated rings. The molecule has 1 aromatic heterocycles. The Morgan fingerprint density at radius 3 is 1.88 bits per heavy atom. The highest BCUT2D eigenvalue weighted by molar-refractivity contribution is 6.90. The van der Waals surface area contributed by atoms with Crippen molar-refractivity contribution in [1.82, 2.24) is 0 Å². The van der Waals surface area contributed by atoms with E-state index in [0.717, 1.165) is 5.76 Å². The van der Waals surface area contributed by atoms with E-state index in [0.29, 0.717) is 16.6 Å². The van der Waals surface area contributed by atoms with E-state index in [9.17, 15) is 0 Å². The van der Waals surface area contributed by atoms with Gasteiger partial charge in [-0.05, 0) is 34.7 Å². The van der Waals surface area contributed by atoms with Crippen molar-refractivity contribution in [2.24, 2.45) is 0 Å². The molecule has 1 rings (SSSR count). The summed E-state index contributed by atoms with van der Waals surface area (Å²) in [5.74, 6) is 4.05. The highest BCUT2D eigenvalue weighted by Crippen LogP contribution is 2.40. The van der Waals surface area contributed by atoms with E-state index in [1.165, 1.54) is 0 Å². The molecule has 0 aliphatic heterocycles. The lowest BCUT2D eigenvalue weighted by atomic mass is 10.5. The molecule has 0 unspecified atom stereocenters. The predicted octanol–water partition coefficient (Wildman–Crippen LogP) is 4.85. The first-order valence-corrected chi connectivity index (χ1v) is 8.71. The quantitative estimate of drug-likeness (QED) is 0.550. The van der Waals surface area contributed by atoms with Gasteiger partial charge in [0.2, 0.25) is 0 Å². The molecule has 1 aromatic rings. The summed E-state index contributed by atoms with van der Waals surface area (Å²) in [5.41, 5.74) is 5.64. The number of hydrogen-bond acceptors (Lipinski definition) is 1. The lowest BCUT2D eigenvalue weighted by Gasteiger charge is -2.37. The third-order valence-corrected chi connectivity index (χ3v) is 10.1. The number of rotatable bonds is 3. The monoisotopic (exact) mass is 248 g/mol. The highest BCUT2D eigenvalue weighted by atomic mass is 28.3. The lowest BCUT2D eigenvalue weighted by molar-refractivity contribution is 0.554. The topological polar surface area (TPSA) is 13.1 Å². The molecule has 0 aromatic carbocycles. The standard InChI is InChI=1S/C15H24OSi/c1-12(2)17(13(3)4,14(5)6)11-9-15-8-7-10-16-15/h7-8,10,12-14H,1-6H3. The zero-order valence-corrected chi connectivity index (χ0v) is 12.9. The molecule has 0 saturated carbocycles. The van der Waals surface area contributed by atoms with Crippen molar-refractivity contribution in [1.29, 1.82) is 0 Å². The van der Waals surface area contributed by atoms with E-state index >= 15 is 0 Å². The molecule has 1 nitrogen and oxygen atoms in total. The molecule has 0 bridgehead atoms. The summed E-state index contributed by atoms with van der Waals surface area (Å²) in [6.45, 7) is 13.9. The third-order valence-electron chi connectivity index (χ3n) is 3.79. The van der Waals surface area contributed by atoms with Crippen molar-refractivity contribution >= 4 is 8.07 Å². The van der Waals surface area contributed by atoms with Crippen molar-refractivity contribution in [2.75, 3.05) is 0 Å². The molecule has 0 amide bonds. The largest absolute Gasteiger partial charge is 0.456 e. The van der Waals surface area contributed by atoms with Gasteiger partial charge in [0, 0.05) is 0 Å². The van der Waals surface area contributed by atoms with Gasteiger partial charge in [0.05, 0.1) is 6.26 Å². The maximum atomic E-state index is 5.32. The van der Waals surface area contributed by atoms with Crippen LogP contribution in [0.25, 0.3) is 0 Å². The Balaban J connectivity index is 3.15. The van der Waals surface area contributed by atoms with Gasteiger partial charge < -0.3 is 4.42 Å². The summed E-state index contributed by atoms with van der Waals surface area (Å²) in [7, 11) is -1.60. The van der Waals surface area contributed by atoms with Crippen LogP contribution in [-0.4, -0.2) is 8.07 Å². The van der Waals surface area contributed by atoms with Crippen LogP contribution >= 0.6 is 0 Å². The third kappa shape index (κ3) is 2.84. The molecule has 0 aliphatic carbocycles. The Hall–Kier alpha value is -0.943. The lowest BCUT2D eigenvalue weighted by Crippen LogP contribution is -2.43. The molecule has 94 valence electrons. The average Bonchev–Trinajstić information content (AvgIpc) is 2.69. The van der Waals surface area contributed by atoms with Crippen LogP contribution < -0.4 is 0 Å². The van der Waals surface area contributed by atoms with Gasteiger partial charge in [0.1, 0.15) is 8.07 Å². The first-order valence-electron chi connectivity index (χ1n) is 6.48. The number of hydrogen-bond donors (Lipinski definition) is 0. The van der Waals surface area contributed by atoms with Gasteiger partial charge in [0.25, 0.3) is 0 Å². The second-order valence-corrected chi connectivity index (χ2v) is 11.2. The summed E-state index contributed by atoms with van der Waals surface area (Å²) in [5, 5.41) is 0. The molecule has 0 spiro atoms. The molecule has 17 heavy (non-hydrogen) atoms. The Kier molecular flexibility index (Phi) is 4.65. The molecule has 0 N–H and O–H groups in total. The fourth-order valence-electron chi connectivity index (χ4n) is 2.95. The van der Waals surface area contributed by atoms with Crippen molar-refractivity contribution < 1.29 is 4.42 Å². The van der Waals surface area contributed by atoms with Crippen LogP contribution in [-0.2, 0) is 0 Å². The summed E-state index contributed by atoms with van der Waals surface area (Å²) in [6.07, 6.45) is 1.69. The maximum absolute atomic E-state index is 5.32. The summed E-state index contributed by atoms with van der Waals surface area (Å²) in [6, 6.07) is 3.83. The van der Waals surface area contributed by atoms with Crippen LogP contribution in [0.2, 0.25) is 16.6 Å². The van der Waals surface area contributed by atoms with Gasteiger partial charge in [-0.25, -0.2) is 0 Å². The van der Waals surface area contributed by atoms with Crippen molar-refractivity contribution in [3.05, 3.63) is 24.2 Å². The second-order valence-electron chi connectivity index (χ2n) is 5.62. The fraction of sp³-hybridized carbons (Fsp3) is 0.600. The normalized spacial score (nSPS) is 12.1. The van der Waals surface area contributed by atoms with Gasteiger partial charge in [0.15, 0.2) is 5.76 Å².